The van der Waals surface area contributed by atoms with E-state index < -0.39 is 22.2 Å². The molecule has 2 aliphatic rings. The fourth-order valence-corrected chi connectivity index (χ4v) is 4.61. The Kier molecular flexibility index (Phi) is 5.78. The molecule has 13 heteroatoms. The third kappa shape index (κ3) is 4.51. The molecule has 1 saturated heterocycles. The van der Waals surface area contributed by atoms with E-state index in [1.165, 1.54) is 6.26 Å². The van der Waals surface area contributed by atoms with E-state index in [4.69, 9.17) is 9.90 Å². The van der Waals surface area contributed by atoms with Crippen molar-refractivity contribution in [2.75, 3.05) is 24.7 Å². The Labute approximate surface area is 177 Å². The maximum atomic E-state index is 11.8. The lowest BCUT2D eigenvalue weighted by Gasteiger charge is -2.45. The molecule has 0 saturated carbocycles. The Hall–Kier alpha value is -2.67. The van der Waals surface area contributed by atoms with E-state index in [1.807, 2.05) is 32.2 Å². The second kappa shape index (κ2) is 7.79. The lowest BCUT2D eigenvalue weighted by Crippen LogP contribution is -2.51. The van der Waals surface area contributed by atoms with Gasteiger partial charge in [-0.05, 0) is 38.8 Å². The summed E-state index contributed by atoms with van der Waals surface area (Å²) in [6.07, 6.45) is -0.502. The lowest BCUT2D eigenvalue weighted by atomic mass is 9.83. The largest absolute Gasteiger partial charge is 0.490 e. The highest BCUT2D eigenvalue weighted by Gasteiger charge is 2.44. The topological polar surface area (TPSA) is 117 Å². The summed E-state index contributed by atoms with van der Waals surface area (Å²) >= 11 is 0. The molecule has 0 amide bonds. The van der Waals surface area contributed by atoms with Crippen molar-refractivity contribution in [2.45, 2.75) is 38.4 Å². The van der Waals surface area contributed by atoms with Gasteiger partial charge in [0, 0.05) is 18.8 Å². The van der Waals surface area contributed by atoms with Gasteiger partial charge in [-0.1, -0.05) is 0 Å². The predicted molar refractivity (Wildman–Crippen MR) is 105 cm³/mol. The number of alkyl halides is 3. The molecule has 2 N–H and O–H groups in total. The number of sulfonamides is 1. The van der Waals surface area contributed by atoms with Crippen LogP contribution in [0.15, 0.2) is 18.3 Å². The summed E-state index contributed by atoms with van der Waals surface area (Å²) in [7, 11) is -3.15. The van der Waals surface area contributed by atoms with Gasteiger partial charge < -0.3 is 10.4 Å². The fourth-order valence-electron chi connectivity index (χ4n) is 3.76. The number of hydrogen-bond acceptors (Lipinski definition) is 6. The third-order valence-electron chi connectivity index (χ3n) is 5.32. The monoisotopic (exact) mass is 461 g/mol. The molecule has 4 rings (SSSR count). The summed E-state index contributed by atoms with van der Waals surface area (Å²) in [5, 5.41) is 10.8. The van der Waals surface area contributed by atoms with Crippen molar-refractivity contribution in [3.63, 3.8) is 0 Å². The van der Waals surface area contributed by atoms with Crippen LogP contribution >= 0.6 is 0 Å². The van der Waals surface area contributed by atoms with E-state index in [9.17, 15) is 21.6 Å². The van der Waals surface area contributed by atoms with Crippen LogP contribution in [-0.4, -0.2) is 63.9 Å². The average Bonchev–Trinajstić information content (AvgIpc) is 3.05. The molecule has 1 spiro atoms. The van der Waals surface area contributed by atoms with Gasteiger partial charge >= 0.3 is 12.1 Å². The normalized spacial score (nSPS) is 17.7. The van der Waals surface area contributed by atoms with Crippen LogP contribution in [0.2, 0.25) is 0 Å². The number of piperidine rings is 1. The standard InChI is InChI=1S/C16H21N5O2S.C2HF3O2/c1-11-4-5-13-15(18-11)21-12(2)17-10-14(21)16(19-13)6-8-20(9-7-16)24(3,22)23;3-2(4,5)1(6)7/h4-5,10,19H,6-9H2,1-3H3;(H,6,7). The smallest absolute Gasteiger partial charge is 0.475 e. The molecule has 0 aliphatic carbocycles. The molecular weight excluding hydrogens is 439 g/mol. The number of halogens is 3. The SMILES string of the molecule is Cc1ccc2c(n1)-n1c(cnc1C)C1(CCN(S(C)(=O)=O)CC1)N2.O=C(O)C(F)(F)F. The molecule has 2 aliphatic heterocycles. The number of carboxylic acids is 1. The minimum Gasteiger partial charge on any atom is -0.475 e. The van der Waals surface area contributed by atoms with Gasteiger partial charge in [0.25, 0.3) is 0 Å². The second-order valence-corrected chi connectivity index (χ2v) is 9.50. The number of nitrogens with one attached hydrogen (secondary N) is 1. The number of imidazole rings is 1. The molecule has 2 aromatic rings. The number of aliphatic carboxylic acids is 1. The van der Waals surface area contributed by atoms with Crippen molar-refractivity contribution in [2.24, 2.45) is 0 Å². The summed E-state index contributed by atoms with van der Waals surface area (Å²) in [6, 6.07) is 4.03. The van der Waals surface area contributed by atoms with Gasteiger partial charge in [-0.2, -0.15) is 13.2 Å². The van der Waals surface area contributed by atoms with Crippen molar-refractivity contribution >= 4 is 21.7 Å². The Morgan fingerprint density at radius 2 is 1.81 bits per heavy atom. The molecule has 170 valence electrons. The van der Waals surface area contributed by atoms with Crippen LogP contribution in [0.3, 0.4) is 0 Å². The molecule has 31 heavy (non-hydrogen) atoms. The summed E-state index contributed by atoms with van der Waals surface area (Å²) in [4.78, 5) is 18.1. The molecule has 4 heterocycles. The summed E-state index contributed by atoms with van der Waals surface area (Å²) < 4.78 is 59.0. The van der Waals surface area contributed by atoms with Crippen LogP contribution in [0, 0.1) is 13.8 Å². The van der Waals surface area contributed by atoms with Crippen LogP contribution in [0.1, 0.15) is 30.1 Å². The molecule has 2 aromatic heterocycles. The average molecular weight is 461 g/mol. The molecule has 0 radical (unpaired) electrons. The number of fused-ring (bicyclic) bond motifs is 4. The molecule has 0 atom stereocenters. The van der Waals surface area contributed by atoms with Gasteiger partial charge in [0.15, 0.2) is 5.82 Å². The highest BCUT2D eigenvalue weighted by Crippen LogP contribution is 2.43. The first-order valence-corrected chi connectivity index (χ1v) is 11.2. The van der Waals surface area contributed by atoms with Gasteiger partial charge in [0.1, 0.15) is 5.82 Å². The number of aromatic nitrogens is 3. The van der Waals surface area contributed by atoms with Crippen molar-refractivity contribution < 1.29 is 31.5 Å². The molecular formula is C18H22F3N5O4S. The van der Waals surface area contributed by atoms with Crippen LogP contribution in [0.5, 0.6) is 0 Å². The van der Waals surface area contributed by atoms with Crippen molar-refractivity contribution in [3.8, 4) is 5.82 Å². The van der Waals surface area contributed by atoms with Crippen LogP contribution in [0.4, 0.5) is 18.9 Å². The molecule has 0 bridgehead atoms. The zero-order chi connectivity index (χ0) is 23.2. The number of carbonyl (C=O) groups is 1. The summed E-state index contributed by atoms with van der Waals surface area (Å²) in [5.41, 5.74) is 2.70. The van der Waals surface area contributed by atoms with E-state index in [0.717, 1.165) is 28.7 Å². The van der Waals surface area contributed by atoms with Crippen molar-refractivity contribution in [3.05, 3.63) is 35.5 Å². The van der Waals surface area contributed by atoms with Gasteiger partial charge in [-0.15, -0.1) is 0 Å². The minimum absolute atomic E-state index is 0.299. The lowest BCUT2D eigenvalue weighted by molar-refractivity contribution is -0.192. The van der Waals surface area contributed by atoms with E-state index >= 15 is 0 Å². The Morgan fingerprint density at radius 1 is 1.23 bits per heavy atom. The number of aryl methyl sites for hydroxylation is 2. The van der Waals surface area contributed by atoms with E-state index in [-0.39, 0.29) is 5.54 Å². The highest BCUT2D eigenvalue weighted by atomic mass is 32.2. The second-order valence-electron chi connectivity index (χ2n) is 7.52. The number of rotatable bonds is 1. The molecule has 0 unspecified atom stereocenters. The van der Waals surface area contributed by atoms with Gasteiger partial charge in [-0.3, -0.25) is 4.57 Å². The number of hydrogen-bond donors (Lipinski definition) is 2. The zero-order valence-electron chi connectivity index (χ0n) is 17.1. The Balaban J connectivity index is 0.000000339. The number of nitrogens with zero attached hydrogens (tertiary/aromatic N) is 4. The van der Waals surface area contributed by atoms with E-state index in [0.29, 0.717) is 25.9 Å². The van der Waals surface area contributed by atoms with E-state index in [1.54, 1.807) is 4.31 Å². The van der Waals surface area contributed by atoms with Crippen LogP contribution in [0.25, 0.3) is 5.82 Å². The fraction of sp³-hybridized carbons (Fsp3) is 0.500. The first kappa shape index (κ1) is 23.0. The van der Waals surface area contributed by atoms with Crippen molar-refractivity contribution in [1.29, 1.82) is 0 Å². The quantitative estimate of drug-likeness (QED) is 0.669. The predicted octanol–water partition coefficient (Wildman–Crippen LogP) is 2.19. The Bertz CT molecular complexity index is 1110. The third-order valence-corrected chi connectivity index (χ3v) is 6.62. The van der Waals surface area contributed by atoms with Gasteiger partial charge in [-0.25, -0.2) is 27.5 Å². The van der Waals surface area contributed by atoms with Crippen LogP contribution < -0.4 is 5.32 Å². The van der Waals surface area contributed by atoms with Gasteiger partial charge in [0.2, 0.25) is 10.0 Å². The first-order chi connectivity index (χ1) is 14.2. The van der Waals surface area contributed by atoms with Gasteiger partial charge in [0.05, 0.1) is 29.4 Å². The number of pyridine rings is 1. The number of anilines is 1. The molecule has 9 nitrogen and oxygen atoms in total. The summed E-state index contributed by atoms with van der Waals surface area (Å²) in [5.74, 6) is -0.987. The molecule has 1 fully saturated rings. The van der Waals surface area contributed by atoms with E-state index in [2.05, 4.69) is 19.9 Å². The molecule has 0 aromatic carbocycles. The maximum Gasteiger partial charge on any atom is 0.490 e. The Morgan fingerprint density at radius 3 is 2.32 bits per heavy atom. The maximum absolute atomic E-state index is 11.8. The van der Waals surface area contributed by atoms with Crippen LogP contribution in [-0.2, 0) is 20.4 Å². The number of carboxylic acid groups (broad SMARTS) is 1. The van der Waals surface area contributed by atoms with Crippen molar-refractivity contribution in [1.82, 2.24) is 18.8 Å². The summed E-state index contributed by atoms with van der Waals surface area (Å²) in [6.45, 7) is 4.96. The minimum atomic E-state index is -5.08. The highest BCUT2D eigenvalue weighted by molar-refractivity contribution is 7.88. The first-order valence-electron chi connectivity index (χ1n) is 9.31. The zero-order valence-corrected chi connectivity index (χ0v) is 17.9.